The normalized spacial score (nSPS) is 16.8. The third-order valence-electron chi connectivity index (χ3n) is 3.33. The van der Waals surface area contributed by atoms with E-state index in [1.807, 2.05) is 55.2 Å². The Kier molecular flexibility index (Phi) is 4.61. The summed E-state index contributed by atoms with van der Waals surface area (Å²) in [5.41, 5.74) is 1.01. The summed E-state index contributed by atoms with van der Waals surface area (Å²) in [5, 5.41) is 0. The van der Waals surface area contributed by atoms with Gasteiger partial charge in [-0.2, -0.15) is 0 Å². The molecule has 19 heavy (non-hydrogen) atoms. The molecule has 1 aromatic carbocycles. The number of amides is 1. The van der Waals surface area contributed by atoms with E-state index >= 15 is 0 Å². The van der Waals surface area contributed by atoms with Gasteiger partial charge in [0.2, 0.25) is 0 Å². The molecule has 3 nitrogen and oxygen atoms in total. The second-order valence-corrected chi connectivity index (χ2v) is 4.83. The Bertz CT molecular complexity index is 462. The van der Waals surface area contributed by atoms with E-state index in [1.54, 1.807) is 0 Å². The minimum Gasteiger partial charge on any atom is -0.480 e. The Labute approximate surface area is 114 Å². The van der Waals surface area contributed by atoms with Gasteiger partial charge < -0.3 is 9.64 Å². The summed E-state index contributed by atoms with van der Waals surface area (Å²) in [6, 6.07) is 7.79. The maximum Gasteiger partial charge on any atom is 0.263 e. The first kappa shape index (κ1) is 13.7. The quantitative estimate of drug-likeness (QED) is 0.831. The second-order valence-electron chi connectivity index (χ2n) is 4.83. The predicted octanol–water partition coefficient (Wildman–Crippen LogP) is 3.11. The van der Waals surface area contributed by atoms with Crippen molar-refractivity contribution < 1.29 is 9.53 Å². The molecule has 1 saturated heterocycles. The van der Waals surface area contributed by atoms with E-state index in [1.165, 1.54) is 0 Å². The summed E-state index contributed by atoms with van der Waals surface area (Å²) in [7, 11) is 0. The molecule has 1 unspecified atom stereocenters. The van der Waals surface area contributed by atoms with Gasteiger partial charge in [-0.3, -0.25) is 4.79 Å². The van der Waals surface area contributed by atoms with E-state index in [0.717, 1.165) is 37.2 Å². The van der Waals surface area contributed by atoms with Crippen molar-refractivity contribution in [2.24, 2.45) is 0 Å². The molecule has 0 N–H and O–H groups in total. The molecule has 1 heterocycles. The standard InChI is InChI=1S/C16H21NO2/c1-3-8-14-9-4-5-10-15(14)19-13(2)16(18)17-11-6-7-12-17/h3-5,8-10,13H,6-7,11-12H2,1-2H3/b8-3+. The molecule has 1 atom stereocenters. The topological polar surface area (TPSA) is 29.5 Å². The number of hydrogen-bond acceptors (Lipinski definition) is 2. The van der Waals surface area contributed by atoms with E-state index in [4.69, 9.17) is 4.74 Å². The number of nitrogens with zero attached hydrogens (tertiary/aromatic N) is 1. The van der Waals surface area contributed by atoms with Crippen LogP contribution < -0.4 is 4.74 Å². The number of hydrogen-bond donors (Lipinski definition) is 0. The number of ether oxygens (including phenoxy) is 1. The summed E-state index contributed by atoms with van der Waals surface area (Å²) in [6.07, 6.45) is 5.74. The molecule has 1 fully saturated rings. The lowest BCUT2D eigenvalue weighted by Crippen LogP contribution is -2.38. The van der Waals surface area contributed by atoms with Gasteiger partial charge in [-0.15, -0.1) is 0 Å². The van der Waals surface area contributed by atoms with Gasteiger partial charge in [-0.1, -0.05) is 30.4 Å². The highest BCUT2D eigenvalue weighted by Crippen LogP contribution is 2.21. The largest absolute Gasteiger partial charge is 0.480 e. The smallest absolute Gasteiger partial charge is 0.263 e. The summed E-state index contributed by atoms with van der Waals surface area (Å²) < 4.78 is 5.83. The van der Waals surface area contributed by atoms with Gasteiger partial charge in [0.15, 0.2) is 6.10 Å². The first-order chi connectivity index (χ1) is 9.22. The van der Waals surface area contributed by atoms with Crippen LogP contribution in [-0.4, -0.2) is 30.0 Å². The molecular formula is C16H21NO2. The minimum atomic E-state index is -0.426. The molecular weight excluding hydrogens is 238 g/mol. The molecule has 0 aromatic heterocycles. The van der Waals surface area contributed by atoms with Crippen molar-refractivity contribution in [3.63, 3.8) is 0 Å². The van der Waals surface area contributed by atoms with Crippen molar-refractivity contribution in [2.75, 3.05) is 13.1 Å². The Morgan fingerprint density at radius 2 is 2.00 bits per heavy atom. The monoisotopic (exact) mass is 259 g/mol. The van der Waals surface area contributed by atoms with Crippen LogP contribution in [0.25, 0.3) is 6.08 Å². The van der Waals surface area contributed by atoms with E-state index in [2.05, 4.69) is 0 Å². The molecule has 1 aliphatic rings. The molecule has 0 radical (unpaired) electrons. The molecule has 3 heteroatoms. The van der Waals surface area contributed by atoms with Gasteiger partial charge in [0, 0.05) is 18.7 Å². The highest BCUT2D eigenvalue weighted by molar-refractivity contribution is 5.81. The fraction of sp³-hybridized carbons (Fsp3) is 0.438. The first-order valence-corrected chi connectivity index (χ1v) is 6.89. The highest BCUT2D eigenvalue weighted by atomic mass is 16.5. The van der Waals surface area contributed by atoms with Gasteiger partial charge in [-0.05, 0) is 32.8 Å². The summed E-state index contributed by atoms with van der Waals surface area (Å²) >= 11 is 0. The molecule has 102 valence electrons. The lowest BCUT2D eigenvalue weighted by atomic mass is 10.2. The van der Waals surface area contributed by atoms with Gasteiger partial charge in [0.05, 0.1) is 0 Å². The van der Waals surface area contributed by atoms with Crippen LogP contribution in [0, 0.1) is 0 Å². The molecule has 2 rings (SSSR count). The van der Waals surface area contributed by atoms with Crippen molar-refractivity contribution in [3.05, 3.63) is 35.9 Å². The molecule has 1 aliphatic heterocycles. The second kappa shape index (κ2) is 6.41. The number of para-hydroxylation sites is 1. The van der Waals surface area contributed by atoms with Crippen molar-refractivity contribution in [1.29, 1.82) is 0 Å². The molecule has 1 amide bonds. The van der Waals surface area contributed by atoms with Crippen LogP contribution in [0.4, 0.5) is 0 Å². The maximum atomic E-state index is 12.2. The van der Waals surface area contributed by atoms with Gasteiger partial charge in [0.25, 0.3) is 5.91 Å². The average Bonchev–Trinajstić information content (AvgIpc) is 2.94. The van der Waals surface area contributed by atoms with E-state index in [0.29, 0.717) is 0 Å². The van der Waals surface area contributed by atoms with Crippen molar-refractivity contribution >= 4 is 12.0 Å². The maximum absolute atomic E-state index is 12.2. The van der Waals surface area contributed by atoms with Crippen LogP contribution in [0.1, 0.15) is 32.3 Å². The van der Waals surface area contributed by atoms with Crippen LogP contribution in [0.5, 0.6) is 5.75 Å². The summed E-state index contributed by atoms with van der Waals surface area (Å²) in [4.78, 5) is 14.1. The first-order valence-electron chi connectivity index (χ1n) is 6.89. The molecule has 0 saturated carbocycles. The van der Waals surface area contributed by atoms with E-state index in [9.17, 15) is 4.79 Å². The molecule has 0 bridgehead atoms. The molecule has 1 aromatic rings. The molecule has 0 aliphatic carbocycles. The third-order valence-corrected chi connectivity index (χ3v) is 3.33. The number of carbonyl (C=O) groups excluding carboxylic acids is 1. The fourth-order valence-corrected chi connectivity index (χ4v) is 2.34. The lowest BCUT2D eigenvalue weighted by molar-refractivity contribution is -0.136. The number of benzene rings is 1. The number of likely N-dealkylation sites (tertiary alicyclic amines) is 1. The van der Waals surface area contributed by atoms with Gasteiger partial charge >= 0.3 is 0 Å². The Morgan fingerprint density at radius 1 is 1.32 bits per heavy atom. The van der Waals surface area contributed by atoms with Gasteiger partial charge in [0.1, 0.15) is 5.75 Å². The van der Waals surface area contributed by atoms with E-state index in [-0.39, 0.29) is 5.91 Å². The zero-order valence-electron chi connectivity index (χ0n) is 11.6. The Balaban J connectivity index is 2.05. The van der Waals surface area contributed by atoms with Crippen LogP contribution in [-0.2, 0) is 4.79 Å². The molecule has 0 spiro atoms. The SMILES string of the molecule is C/C=C/c1ccccc1OC(C)C(=O)N1CCCC1. The summed E-state index contributed by atoms with van der Waals surface area (Å²) in [5.74, 6) is 0.855. The lowest BCUT2D eigenvalue weighted by Gasteiger charge is -2.21. The Morgan fingerprint density at radius 3 is 2.68 bits per heavy atom. The zero-order valence-corrected chi connectivity index (χ0v) is 11.6. The summed E-state index contributed by atoms with van der Waals surface area (Å²) in [6.45, 7) is 5.52. The third kappa shape index (κ3) is 3.37. The fourth-order valence-electron chi connectivity index (χ4n) is 2.34. The van der Waals surface area contributed by atoms with Crippen LogP contribution >= 0.6 is 0 Å². The van der Waals surface area contributed by atoms with Crippen molar-refractivity contribution in [1.82, 2.24) is 4.90 Å². The minimum absolute atomic E-state index is 0.0905. The highest BCUT2D eigenvalue weighted by Gasteiger charge is 2.24. The van der Waals surface area contributed by atoms with Crippen molar-refractivity contribution in [3.8, 4) is 5.75 Å². The van der Waals surface area contributed by atoms with Crippen LogP contribution in [0.2, 0.25) is 0 Å². The van der Waals surface area contributed by atoms with Crippen LogP contribution in [0.15, 0.2) is 30.3 Å². The van der Waals surface area contributed by atoms with Gasteiger partial charge in [-0.25, -0.2) is 0 Å². The Hall–Kier alpha value is -1.77. The number of carbonyl (C=O) groups is 1. The number of allylic oxidation sites excluding steroid dienone is 1. The number of rotatable bonds is 4. The van der Waals surface area contributed by atoms with Crippen molar-refractivity contribution in [2.45, 2.75) is 32.8 Å². The average molecular weight is 259 g/mol. The predicted molar refractivity (Wildman–Crippen MR) is 77.1 cm³/mol. The van der Waals surface area contributed by atoms with E-state index < -0.39 is 6.10 Å². The zero-order chi connectivity index (χ0) is 13.7. The van der Waals surface area contributed by atoms with Crippen LogP contribution in [0.3, 0.4) is 0 Å².